The average Bonchev–Trinajstić information content (AvgIpc) is 2.34. The third kappa shape index (κ3) is 0.852. The van der Waals surface area contributed by atoms with Crippen molar-refractivity contribution in [2.45, 2.75) is 6.92 Å². The third-order valence-electron chi connectivity index (χ3n) is 1.72. The van der Waals surface area contributed by atoms with Gasteiger partial charge in [-0.25, -0.2) is 0 Å². The molecule has 2 heterocycles. The summed E-state index contributed by atoms with van der Waals surface area (Å²) in [6.07, 6.45) is 3.70. The van der Waals surface area contributed by atoms with Crippen LogP contribution in [0.25, 0.3) is 5.65 Å². The highest BCUT2D eigenvalue weighted by molar-refractivity contribution is 5.39. The first-order valence-electron chi connectivity index (χ1n) is 3.44. The van der Waals surface area contributed by atoms with E-state index >= 15 is 0 Å². The zero-order valence-electron chi connectivity index (χ0n) is 6.16. The first kappa shape index (κ1) is 6.22. The number of aromatic nitrogens is 2. The van der Waals surface area contributed by atoms with Gasteiger partial charge in [0.2, 0.25) is 0 Å². The minimum absolute atomic E-state index is 0.0463. The Hall–Kier alpha value is -1.51. The van der Waals surface area contributed by atoms with Gasteiger partial charge in [-0.1, -0.05) is 0 Å². The molecule has 1 N–H and O–H groups in total. The molecule has 0 spiro atoms. The summed E-state index contributed by atoms with van der Waals surface area (Å²) in [6, 6.07) is 3.19. The van der Waals surface area contributed by atoms with Gasteiger partial charge >= 0.3 is 0 Å². The molecule has 0 saturated carbocycles. The van der Waals surface area contributed by atoms with E-state index in [4.69, 9.17) is 0 Å². The Morgan fingerprint density at radius 1 is 1.45 bits per heavy atom. The topological polar surface area (TPSA) is 37.3 Å². The smallest absolute Gasteiger partial charge is 0.184 e. The van der Waals surface area contributed by atoms with Crippen molar-refractivity contribution in [3.05, 3.63) is 40.4 Å². The molecule has 0 unspecified atom stereocenters. The molecule has 2 aromatic rings. The normalized spacial score (nSPS) is 10.6. The van der Waals surface area contributed by atoms with Crippen LogP contribution >= 0.6 is 0 Å². The average molecular weight is 148 g/mol. The van der Waals surface area contributed by atoms with Crippen molar-refractivity contribution >= 4 is 5.65 Å². The fourth-order valence-electron chi connectivity index (χ4n) is 1.22. The molecular weight excluding hydrogens is 140 g/mol. The Kier molecular flexibility index (Phi) is 1.12. The number of aromatic amines is 1. The standard InChI is InChI=1S/C8H8N2O/c1-6-4-7(11)5-8-9-2-3-10(6)8/h2-5,9H,1H3. The van der Waals surface area contributed by atoms with E-state index in [0.717, 1.165) is 11.3 Å². The molecule has 0 aliphatic heterocycles. The fourth-order valence-corrected chi connectivity index (χ4v) is 1.22. The summed E-state index contributed by atoms with van der Waals surface area (Å²) >= 11 is 0. The van der Waals surface area contributed by atoms with Crippen LogP contribution in [0.4, 0.5) is 0 Å². The van der Waals surface area contributed by atoms with Crippen LogP contribution in [0.5, 0.6) is 0 Å². The molecule has 0 aliphatic carbocycles. The maximum atomic E-state index is 11.0. The molecule has 2 rings (SSSR count). The van der Waals surface area contributed by atoms with E-state index < -0.39 is 0 Å². The highest BCUT2D eigenvalue weighted by atomic mass is 16.1. The van der Waals surface area contributed by atoms with Crippen LogP contribution in [-0.4, -0.2) is 9.38 Å². The number of nitrogens with one attached hydrogen (secondary N) is 1. The molecule has 11 heavy (non-hydrogen) atoms. The second-order valence-corrected chi connectivity index (χ2v) is 2.55. The molecule has 0 fully saturated rings. The molecular formula is C8H8N2O. The van der Waals surface area contributed by atoms with Gasteiger partial charge in [-0.05, 0) is 6.92 Å². The van der Waals surface area contributed by atoms with E-state index in [0.29, 0.717) is 0 Å². The van der Waals surface area contributed by atoms with Crippen LogP contribution in [0.2, 0.25) is 0 Å². The van der Waals surface area contributed by atoms with Gasteiger partial charge in [0.1, 0.15) is 5.65 Å². The molecule has 56 valence electrons. The summed E-state index contributed by atoms with van der Waals surface area (Å²) in [5.74, 6) is 0. The summed E-state index contributed by atoms with van der Waals surface area (Å²) in [7, 11) is 0. The van der Waals surface area contributed by atoms with Crippen molar-refractivity contribution in [3.63, 3.8) is 0 Å². The number of aryl methyl sites for hydroxylation is 1. The number of imidazole rings is 1. The highest BCUT2D eigenvalue weighted by Gasteiger charge is 1.95. The summed E-state index contributed by atoms with van der Waals surface area (Å²) in [6.45, 7) is 1.90. The quantitative estimate of drug-likeness (QED) is 0.593. The van der Waals surface area contributed by atoms with Gasteiger partial charge in [0, 0.05) is 30.2 Å². The summed E-state index contributed by atoms with van der Waals surface area (Å²) in [5.41, 5.74) is 1.84. The van der Waals surface area contributed by atoms with Crippen molar-refractivity contribution in [2.75, 3.05) is 0 Å². The Labute approximate surface area is 63.3 Å². The van der Waals surface area contributed by atoms with Crippen molar-refractivity contribution in [1.29, 1.82) is 0 Å². The molecule has 2 aromatic heterocycles. The molecule has 0 bridgehead atoms. The number of nitrogens with zero attached hydrogens (tertiary/aromatic N) is 1. The Bertz CT molecular complexity index is 439. The minimum atomic E-state index is 0.0463. The molecule has 3 nitrogen and oxygen atoms in total. The number of rotatable bonds is 0. The SMILES string of the molecule is Cc1cc(=O)cc2[nH]ccn12. The molecule has 0 amide bonds. The third-order valence-corrected chi connectivity index (χ3v) is 1.72. The van der Waals surface area contributed by atoms with E-state index in [-0.39, 0.29) is 5.43 Å². The summed E-state index contributed by atoms with van der Waals surface area (Å²) in [4.78, 5) is 13.9. The molecule has 0 aliphatic rings. The maximum Gasteiger partial charge on any atom is 0.184 e. The minimum Gasteiger partial charge on any atom is -0.346 e. The predicted molar refractivity (Wildman–Crippen MR) is 42.8 cm³/mol. The van der Waals surface area contributed by atoms with Crippen LogP contribution in [0.3, 0.4) is 0 Å². The first-order chi connectivity index (χ1) is 5.27. The summed E-state index contributed by atoms with van der Waals surface area (Å²) in [5, 5.41) is 0. The number of H-pyrrole nitrogens is 1. The molecule has 0 aromatic carbocycles. The molecule has 0 atom stereocenters. The van der Waals surface area contributed by atoms with Gasteiger partial charge in [0.05, 0.1) is 0 Å². The van der Waals surface area contributed by atoms with Crippen molar-refractivity contribution < 1.29 is 0 Å². The highest BCUT2D eigenvalue weighted by Crippen LogP contribution is 1.99. The van der Waals surface area contributed by atoms with Crippen molar-refractivity contribution in [3.8, 4) is 0 Å². The first-order valence-corrected chi connectivity index (χ1v) is 3.44. The zero-order valence-corrected chi connectivity index (χ0v) is 6.16. The molecule has 0 radical (unpaired) electrons. The van der Waals surface area contributed by atoms with E-state index in [1.165, 1.54) is 0 Å². The van der Waals surface area contributed by atoms with Gasteiger partial charge in [-0.3, -0.25) is 4.79 Å². The molecule has 3 heteroatoms. The van der Waals surface area contributed by atoms with Crippen LogP contribution in [0, 0.1) is 6.92 Å². The van der Waals surface area contributed by atoms with Crippen LogP contribution in [0.1, 0.15) is 5.69 Å². The second kappa shape index (κ2) is 1.99. The number of hydrogen-bond donors (Lipinski definition) is 1. The van der Waals surface area contributed by atoms with Gasteiger partial charge in [-0.2, -0.15) is 0 Å². The Morgan fingerprint density at radius 3 is 3.09 bits per heavy atom. The van der Waals surface area contributed by atoms with Crippen LogP contribution in [0.15, 0.2) is 29.3 Å². The van der Waals surface area contributed by atoms with Crippen LogP contribution < -0.4 is 5.43 Å². The van der Waals surface area contributed by atoms with E-state index in [1.807, 2.05) is 23.7 Å². The predicted octanol–water partition coefficient (Wildman–Crippen LogP) is 0.936. The number of fused-ring (bicyclic) bond motifs is 1. The fraction of sp³-hybridized carbons (Fsp3) is 0.125. The monoisotopic (exact) mass is 148 g/mol. The zero-order chi connectivity index (χ0) is 7.84. The van der Waals surface area contributed by atoms with E-state index in [1.54, 1.807) is 12.1 Å². The van der Waals surface area contributed by atoms with Crippen LogP contribution in [-0.2, 0) is 0 Å². The molecule has 0 saturated heterocycles. The van der Waals surface area contributed by atoms with E-state index in [2.05, 4.69) is 4.98 Å². The summed E-state index contributed by atoms with van der Waals surface area (Å²) < 4.78 is 1.93. The van der Waals surface area contributed by atoms with Gasteiger partial charge in [0.15, 0.2) is 5.43 Å². The maximum absolute atomic E-state index is 11.0. The lowest BCUT2D eigenvalue weighted by molar-refractivity contribution is 1.08. The lowest BCUT2D eigenvalue weighted by atomic mass is 10.3. The Morgan fingerprint density at radius 2 is 2.27 bits per heavy atom. The largest absolute Gasteiger partial charge is 0.346 e. The lowest BCUT2D eigenvalue weighted by Gasteiger charge is -1.95. The Balaban J connectivity index is 3.02. The van der Waals surface area contributed by atoms with Gasteiger partial charge < -0.3 is 9.38 Å². The van der Waals surface area contributed by atoms with Crippen molar-refractivity contribution in [2.24, 2.45) is 0 Å². The van der Waals surface area contributed by atoms with Crippen molar-refractivity contribution in [1.82, 2.24) is 9.38 Å². The van der Waals surface area contributed by atoms with Gasteiger partial charge in [-0.15, -0.1) is 0 Å². The van der Waals surface area contributed by atoms with E-state index in [9.17, 15) is 4.79 Å². The second-order valence-electron chi connectivity index (χ2n) is 2.55. The van der Waals surface area contributed by atoms with Gasteiger partial charge in [0.25, 0.3) is 0 Å². The number of pyridine rings is 1. The lowest BCUT2D eigenvalue weighted by Crippen LogP contribution is -2.02. The number of hydrogen-bond acceptors (Lipinski definition) is 1.